The average Bonchev–Trinajstić information content (AvgIpc) is 2.89. The Balaban J connectivity index is 1.89. The van der Waals surface area contributed by atoms with Gasteiger partial charge in [-0.05, 0) is 55.0 Å². The minimum Gasteiger partial charge on any atom is -0.497 e. The van der Waals surface area contributed by atoms with Crippen molar-refractivity contribution in [1.82, 2.24) is 4.57 Å². The van der Waals surface area contributed by atoms with Crippen molar-refractivity contribution in [2.24, 2.45) is 0 Å². The summed E-state index contributed by atoms with van der Waals surface area (Å²) in [6, 6.07) is 17.3. The number of hydrogen-bond acceptors (Lipinski definition) is 1. The van der Waals surface area contributed by atoms with Crippen molar-refractivity contribution in [2.45, 2.75) is 32.2 Å². The Morgan fingerprint density at radius 2 is 1.82 bits per heavy atom. The van der Waals surface area contributed by atoms with Gasteiger partial charge in [-0.15, -0.1) is 0 Å². The predicted molar refractivity (Wildman–Crippen MR) is 90.7 cm³/mol. The molecule has 3 aromatic rings. The van der Waals surface area contributed by atoms with Crippen LogP contribution < -0.4 is 4.74 Å². The average molecular weight is 291 g/mol. The third kappa shape index (κ3) is 2.19. The smallest absolute Gasteiger partial charge is 0.119 e. The summed E-state index contributed by atoms with van der Waals surface area (Å²) in [5.74, 6) is 0.956. The van der Waals surface area contributed by atoms with E-state index in [0.29, 0.717) is 0 Å². The molecule has 1 aromatic heterocycles. The second-order valence-corrected chi connectivity index (χ2v) is 6.09. The Bertz CT molecular complexity index is 801. The highest BCUT2D eigenvalue weighted by Gasteiger charge is 2.20. The number of aromatic nitrogens is 1. The Kier molecular flexibility index (Phi) is 3.38. The highest BCUT2D eigenvalue weighted by molar-refractivity contribution is 5.87. The highest BCUT2D eigenvalue weighted by atomic mass is 16.5. The third-order valence-corrected chi connectivity index (χ3v) is 4.77. The van der Waals surface area contributed by atoms with Crippen molar-refractivity contribution in [3.05, 3.63) is 65.4 Å². The molecular formula is C20H21NO. The molecule has 0 bridgehead atoms. The van der Waals surface area contributed by atoms with E-state index in [1.165, 1.54) is 53.4 Å². The molecule has 0 saturated carbocycles. The number of aryl methyl sites for hydroxylation is 1. The van der Waals surface area contributed by atoms with Gasteiger partial charge in [-0.3, -0.25) is 0 Å². The molecule has 1 heterocycles. The SMILES string of the molecule is COc1ccc2c(c1)c1c(n2Cc2ccccc2)CCCC1. The van der Waals surface area contributed by atoms with Crippen LogP contribution in [-0.4, -0.2) is 11.7 Å². The van der Waals surface area contributed by atoms with Gasteiger partial charge in [-0.25, -0.2) is 0 Å². The quantitative estimate of drug-likeness (QED) is 0.689. The van der Waals surface area contributed by atoms with E-state index in [1.807, 2.05) is 0 Å². The fourth-order valence-electron chi connectivity index (χ4n) is 3.69. The van der Waals surface area contributed by atoms with Crippen LogP contribution in [0.3, 0.4) is 0 Å². The Morgan fingerprint density at radius 3 is 2.64 bits per heavy atom. The lowest BCUT2D eigenvalue weighted by atomic mass is 9.95. The van der Waals surface area contributed by atoms with Crippen LogP contribution in [0.4, 0.5) is 0 Å². The van der Waals surface area contributed by atoms with E-state index in [-0.39, 0.29) is 0 Å². The molecule has 112 valence electrons. The van der Waals surface area contributed by atoms with E-state index in [0.717, 1.165) is 12.3 Å². The number of nitrogens with zero attached hydrogens (tertiary/aromatic N) is 1. The summed E-state index contributed by atoms with van der Waals surface area (Å²) in [6.07, 6.45) is 4.99. The number of benzene rings is 2. The van der Waals surface area contributed by atoms with E-state index in [9.17, 15) is 0 Å². The van der Waals surface area contributed by atoms with Crippen molar-refractivity contribution in [3.63, 3.8) is 0 Å². The van der Waals surface area contributed by atoms with Gasteiger partial charge in [-0.1, -0.05) is 30.3 Å². The number of rotatable bonds is 3. The Labute approximate surface area is 131 Å². The number of fused-ring (bicyclic) bond motifs is 3. The van der Waals surface area contributed by atoms with Gasteiger partial charge in [0.2, 0.25) is 0 Å². The molecule has 0 N–H and O–H groups in total. The molecule has 0 radical (unpaired) electrons. The molecule has 0 saturated heterocycles. The largest absolute Gasteiger partial charge is 0.497 e. The predicted octanol–water partition coefficient (Wildman–Crippen LogP) is 4.58. The van der Waals surface area contributed by atoms with Crippen LogP contribution in [-0.2, 0) is 19.4 Å². The fourth-order valence-corrected chi connectivity index (χ4v) is 3.69. The van der Waals surface area contributed by atoms with E-state index in [1.54, 1.807) is 7.11 Å². The monoisotopic (exact) mass is 291 g/mol. The maximum Gasteiger partial charge on any atom is 0.119 e. The van der Waals surface area contributed by atoms with E-state index >= 15 is 0 Å². The van der Waals surface area contributed by atoms with Crippen molar-refractivity contribution >= 4 is 10.9 Å². The molecule has 2 nitrogen and oxygen atoms in total. The fraction of sp³-hybridized carbons (Fsp3) is 0.300. The first-order valence-electron chi connectivity index (χ1n) is 8.09. The van der Waals surface area contributed by atoms with Crippen LogP contribution in [0.2, 0.25) is 0 Å². The van der Waals surface area contributed by atoms with Gasteiger partial charge in [0.1, 0.15) is 5.75 Å². The maximum atomic E-state index is 5.43. The molecule has 1 aliphatic carbocycles. The van der Waals surface area contributed by atoms with Crippen molar-refractivity contribution < 1.29 is 4.74 Å². The molecule has 2 aromatic carbocycles. The highest BCUT2D eigenvalue weighted by Crippen LogP contribution is 2.34. The molecule has 0 fully saturated rings. The van der Waals surface area contributed by atoms with Crippen LogP contribution in [0.25, 0.3) is 10.9 Å². The van der Waals surface area contributed by atoms with E-state index in [2.05, 4.69) is 53.1 Å². The van der Waals surface area contributed by atoms with E-state index in [4.69, 9.17) is 4.74 Å². The summed E-state index contributed by atoms with van der Waals surface area (Å²) >= 11 is 0. The number of methoxy groups -OCH3 is 1. The van der Waals surface area contributed by atoms with Gasteiger partial charge >= 0.3 is 0 Å². The van der Waals surface area contributed by atoms with Crippen molar-refractivity contribution in [3.8, 4) is 5.75 Å². The first kappa shape index (κ1) is 13.4. The molecular weight excluding hydrogens is 270 g/mol. The topological polar surface area (TPSA) is 14.2 Å². The summed E-state index contributed by atoms with van der Waals surface area (Å²) in [5, 5.41) is 1.38. The summed E-state index contributed by atoms with van der Waals surface area (Å²) in [5.41, 5.74) is 5.77. The summed E-state index contributed by atoms with van der Waals surface area (Å²) < 4.78 is 7.94. The minimum atomic E-state index is 0.956. The van der Waals surface area contributed by atoms with Crippen LogP contribution in [0.15, 0.2) is 48.5 Å². The van der Waals surface area contributed by atoms with Gasteiger partial charge < -0.3 is 9.30 Å². The Hall–Kier alpha value is -2.22. The first-order chi connectivity index (χ1) is 10.9. The van der Waals surface area contributed by atoms with Crippen LogP contribution in [0.1, 0.15) is 29.7 Å². The molecule has 0 amide bonds. The van der Waals surface area contributed by atoms with Gasteiger partial charge in [0.25, 0.3) is 0 Å². The lowest BCUT2D eigenvalue weighted by Gasteiger charge is -2.16. The second-order valence-electron chi connectivity index (χ2n) is 6.09. The van der Waals surface area contributed by atoms with Crippen molar-refractivity contribution in [1.29, 1.82) is 0 Å². The van der Waals surface area contributed by atoms with Gasteiger partial charge in [0.15, 0.2) is 0 Å². The molecule has 0 atom stereocenters. The zero-order valence-electron chi connectivity index (χ0n) is 13.0. The third-order valence-electron chi connectivity index (χ3n) is 4.77. The first-order valence-corrected chi connectivity index (χ1v) is 8.09. The molecule has 2 heteroatoms. The maximum absolute atomic E-state index is 5.43. The van der Waals surface area contributed by atoms with Gasteiger partial charge in [-0.2, -0.15) is 0 Å². The zero-order chi connectivity index (χ0) is 14.9. The van der Waals surface area contributed by atoms with E-state index < -0.39 is 0 Å². The zero-order valence-corrected chi connectivity index (χ0v) is 13.0. The standard InChI is InChI=1S/C20H21NO/c1-22-16-11-12-20-18(13-16)17-9-5-6-10-19(17)21(20)14-15-7-3-2-4-8-15/h2-4,7-8,11-13H,5-6,9-10,14H2,1H3. The normalized spacial score (nSPS) is 14.0. The molecule has 0 spiro atoms. The van der Waals surface area contributed by atoms with Crippen LogP contribution >= 0.6 is 0 Å². The summed E-state index contributed by atoms with van der Waals surface area (Å²) in [4.78, 5) is 0. The molecule has 0 unspecified atom stereocenters. The second kappa shape index (κ2) is 5.53. The molecule has 4 rings (SSSR count). The molecule has 22 heavy (non-hydrogen) atoms. The lowest BCUT2D eigenvalue weighted by Crippen LogP contribution is -2.09. The van der Waals surface area contributed by atoms with Gasteiger partial charge in [0.05, 0.1) is 7.11 Å². The molecule has 0 aliphatic heterocycles. The summed E-state index contributed by atoms with van der Waals surface area (Å²) in [7, 11) is 1.74. The van der Waals surface area contributed by atoms with Crippen LogP contribution in [0.5, 0.6) is 5.75 Å². The van der Waals surface area contributed by atoms with Crippen molar-refractivity contribution in [2.75, 3.05) is 7.11 Å². The lowest BCUT2D eigenvalue weighted by molar-refractivity contribution is 0.415. The molecule has 1 aliphatic rings. The number of ether oxygens (including phenoxy) is 1. The minimum absolute atomic E-state index is 0.956. The van der Waals surface area contributed by atoms with Crippen LogP contribution in [0, 0.1) is 0 Å². The summed E-state index contributed by atoms with van der Waals surface area (Å²) in [6.45, 7) is 0.957. The number of hydrogen-bond donors (Lipinski definition) is 0. The Morgan fingerprint density at radius 1 is 1.00 bits per heavy atom. The van der Waals surface area contributed by atoms with Gasteiger partial charge in [0, 0.05) is 23.1 Å².